The summed E-state index contributed by atoms with van der Waals surface area (Å²) in [6, 6.07) is 28.8. The van der Waals surface area contributed by atoms with E-state index in [1.54, 1.807) is 24.3 Å². The van der Waals surface area contributed by atoms with Gasteiger partial charge in [0.2, 0.25) is 0 Å². The topological polar surface area (TPSA) is 79.0 Å². The molecule has 4 aromatic rings. The zero-order valence-corrected chi connectivity index (χ0v) is 25.9. The van der Waals surface area contributed by atoms with Gasteiger partial charge in [-0.3, -0.25) is 14.9 Å². The second-order valence-electron chi connectivity index (χ2n) is 11.7. The van der Waals surface area contributed by atoms with Crippen LogP contribution in [0.15, 0.2) is 109 Å². The Morgan fingerprint density at radius 2 is 1.46 bits per heavy atom. The molecular formula is C38H32ClN3O4. The molecule has 1 fully saturated rings. The van der Waals surface area contributed by atoms with E-state index in [4.69, 9.17) is 16.3 Å². The largest absolute Gasteiger partial charge is 0.488 e. The molecule has 8 heteroatoms. The monoisotopic (exact) mass is 629 g/mol. The van der Waals surface area contributed by atoms with Crippen LogP contribution in [0, 0.1) is 0 Å². The Hall–Kier alpha value is -5.14. The van der Waals surface area contributed by atoms with Crippen molar-refractivity contribution in [3.05, 3.63) is 142 Å². The third-order valence-electron chi connectivity index (χ3n) is 8.98. The first-order chi connectivity index (χ1) is 22.4. The first-order valence-corrected chi connectivity index (χ1v) is 15.8. The summed E-state index contributed by atoms with van der Waals surface area (Å²) in [6.07, 6.45) is 4.88. The lowest BCUT2D eigenvalue weighted by atomic mass is 9.76. The van der Waals surface area contributed by atoms with E-state index in [2.05, 4.69) is 41.1 Å². The smallest absolute Gasteiger partial charge is 0.335 e. The SMILES string of the molecule is C=CCOc1ccc(/C=C2\C(=O)NC(=O)N(c3cc4c5c(c3)[C@@H](c3ccccc3)CCN5CC[C@@H]4c3ccccc3)C2=O)cc1Cl. The average molecular weight is 630 g/mol. The molecular weight excluding hydrogens is 598 g/mol. The van der Waals surface area contributed by atoms with Crippen molar-refractivity contribution in [1.82, 2.24) is 5.32 Å². The number of rotatable bonds is 7. The van der Waals surface area contributed by atoms with Crippen LogP contribution in [0.2, 0.25) is 5.02 Å². The molecule has 0 radical (unpaired) electrons. The Morgan fingerprint density at radius 3 is 2.02 bits per heavy atom. The number of urea groups is 1. The van der Waals surface area contributed by atoms with Crippen LogP contribution in [-0.2, 0) is 9.59 Å². The molecule has 0 aliphatic carbocycles. The molecule has 46 heavy (non-hydrogen) atoms. The number of nitrogens with zero attached hydrogens (tertiary/aromatic N) is 2. The van der Waals surface area contributed by atoms with E-state index >= 15 is 0 Å². The van der Waals surface area contributed by atoms with Crippen molar-refractivity contribution in [3.8, 4) is 5.75 Å². The van der Waals surface area contributed by atoms with Crippen molar-refractivity contribution in [2.24, 2.45) is 0 Å². The molecule has 7 rings (SSSR count). The van der Waals surface area contributed by atoms with E-state index in [-0.39, 0.29) is 24.0 Å². The van der Waals surface area contributed by atoms with Gasteiger partial charge in [-0.1, -0.05) is 91.0 Å². The van der Waals surface area contributed by atoms with Gasteiger partial charge in [0.25, 0.3) is 11.8 Å². The number of barbiturate groups is 1. The Morgan fingerprint density at radius 1 is 0.848 bits per heavy atom. The van der Waals surface area contributed by atoms with Crippen LogP contribution in [0.25, 0.3) is 6.08 Å². The van der Waals surface area contributed by atoms with Gasteiger partial charge < -0.3 is 9.64 Å². The fraction of sp³-hybridized carbons (Fsp3) is 0.184. The normalized spacial score (nSPS) is 19.9. The minimum atomic E-state index is -0.776. The Bertz CT molecular complexity index is 1820. The van der Waals surface area contributed by atoms with Gasteiger partial charge >= 0.3 is 6.03 Å². The number of carbonyl (C=O) groups excluding carboxylic acids is 3. The van der Waals surface area contributed by atoms with Gasteiger partial charge in [0.1, 0.15) is 17.9 Å². The number of anilines is 2. The number of nitrogens with one attached hydrogen (secondary N) is 1. The van der Waals surface area contributed by atoms with Crippen LogP contribution in [0.5, 0.6) is 5.75 Å². The van der Waals surface area contributed by atoms with Crippen molar-refractivity contribution in [2.45, 2.75) is 24.7 Å². The van der Waals surface area contributed by atoms with Crippen molar-refractivity contribution in [2.75, 3.05) is 29.5 Å². The highest BCUT2D eigenvalue weighted by atomic mass is 35.5. The molecule has 2 atom stereocenters. The molecule has 4 aromatic carbocycles. The van der Waals surface area contributed by atoms with E-state index in [9.17, 15) is 14.4 Å². The second-order valence-corrected chi connectivity index (χ2v) is 12.1. The lowest BCUT2D eigenvalue weighted by Crippen LogP contribution is -2.54. The Kier molecular flexibility index (Phi) is 7.93. The standard InChI is InChI=1S/C38H32ClN3O4/c1-2-19-46-34-14-13-24(21-33(34)39)20-32-36(43)40-38(45)42(37(32)44)27-22-30-28(25-9-5-3-6-10-25)15-17-41-18-16-29(31(23-27)35(30)41)26-11-7-4-8-12-26/h2-14,20-23,28-29H,1,15-19H2,(H,40,43,45)/b32-20+/t28-,29-/m1/s1. The Labute approximate surface area is 272 Å². The number of hydrogen-bond donors (Lipinski definition) is 1. The summed E-state index contributed by atoms with van der Waals surface area (Å²) < 4.78 is 5.55. The first-order valence-electron chi connectivity index (χ1n) is 15.4. The number of ether oxygens (including phenoxy) is 1. The van der Waals surface area contributed by atoms with E-state index in [0.29, 0.717) is 22.0 Å². The zero-order chi connectivity index (χ0) is 31.8. The molecule has 1 N–H and O–H groups in total. The molecule has 0 unspecified atom stereocenters. The van der Waals surface area contributed by atoms with E-state index in [1.165, 1.54) is 22.9 Å². The molecule has 230 valence electrons. The summed E-state index contributed by atoms with van der Waals surface area (Å²) >= 11 is 6.41. The second kappa shape index (κ2) is 12.3. The number of amides is 4. The van der Waals surface area contributed by atoms with Gasteiger partial charge in [0, 0.05) is 30.6 Å². The first kappa shape index (κ1) is 29.6. The van der Waals surface area contributed by atoms with E-state index in [1.807, 2.05) is 48.5 Å². The third-order valence-corrected chi connectivity index (χ3v) is 9.28. The molecule has 7 nitrogen and oxygen atoms in total. The van der Waals surface area contributed by atoms with Crippen molar-refractivity contribution < 1.29 is 19.1 Å². The van der Waals surface area contributed by atoms with Gasteiger partial charge in [0.05, 0.1) is 10.7 Å². The molecule has 4 amide bonds. The highest BCUT2D eigenvalue weighted by molar-refractivity contribution is 6.39. The van der Waals surface area contributed by atoms with Crippen LogP contribution in [-0.4, -0.2) is 37.5 Å². The van der Waals surface area contributed by atoms with Crippen LogP contribution in [0.3, 0.4) is 0 Å². The average Bonchev–Trinajstić information content (AvgIpc) is 3.07. The summed E-state index contributed by atoms with van der Waals surface area (Å²) in [5.41, 5.74) is 6.50. The summed E-state index contributed by atoms with van der Waals surface area (Å²) in [6.45, 7) is 5.77. The minimum Gasteiger partial charge on any atom is -0.488 e. The van der Waals surface area contributed by atoms with Gasteiger partial charge in [-0.05, 0) is 71.0 Å². The lowest BCUT2D eigenvalue weighted by molar-refractivity contribution is -0.122. The maximum atomic E-state index is 14.1. The zero-order valence-electron chi connectivity index (χ0n) is 25.1. The van der Waals surface area contributed by atoms with Crippen LogP contribution in [0.4, 0.5) is 16.2 Å². The van der Waals surface area contributed by atoms with Gasteiger partial charge in [0.15, 0.2) is 0 Å². The summed E-state index contributed by atoms with van der Waals surface area (Å²) in [7, 11) is 0. The predicted octanol–water partition coefficient (Wildman–Crippen LogP) is 7.45. The molecule has 0 spiro atoms. The number of imide groups is 2. The number of hydrogen-bond acceptors (Lipinski definition) is 5. The number of carbonyl (C=O) groups is 3. The van der Waals surface area contributed by atoms with Crippen molar-refractivity contribution >= 4 is 46.9 Å². The lowest BCUT2D eigenvalue weighted by Gasteiger charge is -2.44. The minimum absolute atomic E-state index is 0.0873. The van der Waals surface area contributed by atoms with E-state index < -0.39 is 17.8 Å². The number of halogens is 1. The van der Waals surface area contributed by atoms with Crippen molar-refractivity contribution in [3.63, 3.8) is 0 Å². The maximum absolute atomic E-state index is 14.1. The molecule has 0 bridgehead atoms. The fourth-order valence-electron chi connectivity index (χ4n) is 6.90. The summed E-state index contributed by atoms with van der Waals surface area (Å²) in [5.74, 6) is -0.824. The molecule has 1 saturated heterocycles. The Balaban J connectivity index is 1.34. The van der Waals surface area contributed by atoms with E-state index in [0.717, 1.165) is 42.0 Å². The van der Waals surface area contributed by atoms with Gasteiger partial charge in [-0.15, -0.1) is 0 Å². The highest BCUT2D eigenvalue weighted by Crippen LogP contribution is 2.50. The predicted molar refractivity (Wildman–Crippen MR) is 181 cm³/mol. The van der Waals surface area contributed by atoms with Gasteiger partial charge in [-0.25, -0.2) is 9.69 Å². The number of benzene rings is 4. The molecule has 3 aliphatic heterocycles. The molecule has 3 aliphatic rings. The fourth-order valence-corrected chi connectivity index (χ4v) is 7.14. The maximum Gasteiger partial charge on any atom is 0.335 e. The van der Waals surface area contributed by atoms with Gasteiger partial charge in [-0.2, -0.15) is 0 Å². The molecule has 3 heterocycles. The van der Waals surface area contributed by atoms with Crippen LogP contribution >= 0.6 is 11.6 Å². The van der Waals surface area contributed by atoms with Crippen molar-refractivity contribution in [1.29, 1.82) is 0 Å². The van der Waals surface area contributed by atoms with Crippen LogP contribution in [0.1, 0.15) is 52.5 Å². The summed E-state index contributed by atoms with van der Waals surface area (Å²) in [5, 5.41) is 2.71. The highest BCUT2D eigenvalue weighted by Gasteiger charge is 2.40. The third kappa shape index (κ3) is 5.37. The molecule has 0 aromatic heterocycles. The summed E-state index contributed by atoms with van der Waals surface area (Å²) in [4.78, 5) is 44.1. The van der Waals surface area contributed by atoms with Crippen LogP contribution < -0.4 is 19.9 Å². The molecule has 0 saturated carbocycles. The quantitative estimate of drug-likeness (QED) is 0.131.